The van der Waals surface area contributed by atoms with Crippen molar-refractivity contribution in [3.63, 3.8) is 0 Å². The summed E-state index contributed by atoms with van der Waals surface area (Å²) in [6, 6.07) is 15.5. The van der Waals surface area contributed by atoms with Crippen LogP contribution in [0, 0.1) is 0 Å². The van der Waals surface area contributed by atoms with Gasteiger partial charge in [-0.2, -0.15) is 0 Å². The van der Waals surface area contributed by atoms with E-state index in [1.54, 1.807) is 6.20 Å². The highest BCUT2D eigenvalue weighted by Gasteiger charge is 2.19. The topological polar surface area (TPSA) is 74.3 Å². The molecule has 0 radical (unpaired) electrons. The van der Waals surface area contributed by atoms with Crippen LogP contribution in [0.5, 0.6) is 5.75 Å². The fraction of sp³-hybridized carbons (Fsp3) is 0.273. The molecule has 27 heavy (non-hydrogen) atoms. The molecule has 3 aromatic rings. The molecular weight excluding hydrogens is 340 g/mol. The number of carbonyl (C=O) groups is 2. The largest absolute Gasteiger partial charge is 0.492 e. The second kappa shape index (κ2) is 7.27. The Labute approximate surface area is 158 Å². The maximum absolute atomic E-state index is 12.1. The smallest absolute Gasteiger partial charge is 0.289 e. The van der Waals surface area contributed by atoms with Gasteiger partial charge in [-0.15, -0.1) is 0 Å². The van der Waals surface area contributed by atoms with E-state index in [0.717, 1.165) is 16.7 Å². The minimum Gasteiger partial charge on any atom is -0.492 e. The van der Waals surface area contributed by atoms with Gasteiger partial charge in [0.25, 0.3) is 11.7 Å². The van der Waals surface area contributed by atoms with Crippen LogP contribution < -0.4 is 10.5 Å². The van der Waals surface area contributed by atoms with Crippen LogP contribution >= 0.6 is 0 Å². The van der Waals surface area contributed by atoms with Gasteiger partial charge in [0, 0.05) is 17.1 Å². The predicted octanol–water partition coefficient (Wildman–Crippen LogP) is 3.69. The number of aromatic nitrogens is 1. The van der Waals surface area contributed by atoms with Crippen LogP contribution in [0.4, 0.5) is 0 Å². The molecule has 1 heterocycles. The molecule has 1 amide bonds. The van der Waals surface area contributed by atoms with E-state index in [1.807, 2.05) is 41.0 Å². The number of Topliss-reactive ketones (excluding diaryl/α,β-unsaturated/α-hetero) is 1. The molecule has 0 bridgehead atoms. The van der Waals surface area contributed by atoms with Gasteiger partial charge in [0.2, 0.25) is 0 Å². The first-order valence-electron chi connectivity index (χ1n) is 8.93. The summed E-state index contributed by atoms with van der Waals surface area (Å²) in [5, 5.41) is 0.718. The zero-order valence-corrected chi connectivity index (χ0v) is 15.9. The van der Waals surface area contributed by atoms with Gasteiger partial charge in [0.05, 0.1) is 12.1 Å². The Hall–Kier alpha value is -3.08. The number of nitrogens with two attached hydrogens (primary N) is 1. The molecule has 0 aliphatic rings. The van der Waals surface area contributed by atoms with Gasteiger partial charge in [-0.3, -0.25) is 9.59 Å². The number of benzene rings is 2. The third-order valence-corrected chi connectivity index (χ3v) is 4.58. The fourth-order valence-electron chi connectivity index (χ4n) is 3.06. The molecule has 0 aliphatic heterocycles. The molecule has 1 aromatic heterocycles. The third kappa shape index (κ3) is 4.03. The van der Waals surface area contributed by atoms with E-state index in [2.05, 4.69) is 32.9 Å². The Bertz CT molecular complexity index is 979. The first-order valence-corrected chi connectivity index (χ1v) is 8.93. The lowest BCUT2D eigenvalue weighted by atomic mass is 9.87. The second-order valence-corrected chi connectivity index (χ2v) is 7.57. The molecule has 0 atom stereocenters. The normalized spacial score (nSPS) is 11.5. The molecule has 2 aromatic carbocycles. The summed E-state index contributed by atoms with van der Waals surface area (Å²) in [6.45, 7) is 7.51. The number of hydrogen-bond donors (Lipinski definition) is 1. The molecular formula is C22H24N2O3. The molecule has 5 heteroatoms. The standard InChI is InChI=1S/C22H24N2O3/c1-22(2,3)15-8-10-16(11-9-15)27-13-12-24-14-18(20(25)21(23)26)17-6-4-5-7-19(17)24/h4-11,14H,12-13H2,1-3H3,(H2,23,26). The van der Waals surface area contributed by atoms with Gasteiger partial charge < -0.3 is 15.0 Å². The highest BCUT2D eigenvalue weighted by atomic mass is 16.5. The molecule has 5 nitrogen and oxygen atoms in total. The number of carbonyl (C=O) groups excluding carboxylic acids is 2. The van der Waals surface area contributed by atoms with Crippen molar-refractivity contribution < 1.29 is 14.3 Å². The Balaban J connectivity index is 1.74. The Kier molecular flexibility index (Phi) is 5.04. The number of rotatable bonds is 6. The van der Waals surface area contributed by atoms with Gasteiger partial charge in [-0.05, 0) is 29.2 Å². The number of primary amides is 1. The monoisotopic (exact) mass is 364 g/mol. The molecule has 140 valence electrons. The van der Waals surface area contributed by atoms with E-state index >= 15 is 0 Å². The van der Waals surface area contributed by atoms with E-state index in [9.17, 15) is 9.59 Å². The van der Waals surface area contributed by atoms with Gasteiger partial charge in [0.1, 0.15) is 12.4 Å². The number of fused-ring (bicyclic) bond motifs is 1. The van der Waals surface area contributed by atoms with Gasteiger partial charge >= 0.3 is 0 Å². The van der Waals surface area contributed by atoms with Crippen molar-refractivity contribution in [2.75, 3.05) is 6.61 Å². The Morgan fingerprint density at radius 3 is 2.33 bits per heavy atom. The first-order chi connectivity index (χ1) is 12.8. The molecule has 0 saturated carbocycles. The number of amides is 1. The number of para-hydroxylation sites is 1. The van der Waals surface area contributed by atoms with Gasteiger partial charge in [-0.1, -0.05) is 51.1 Å². The van der Waals surface area contributed by atoms with Crippen molar-refractivity contribution in [3.8, 4) is 5.75 Å². The fourth-order valence-corrected chi connectivity index (χ4v) is 3.06. The van der Waals surface area contributed by atoms with Crippen molar-refractivity contribution in [1.29, 1.82) is 0 Å². The lowest BCUT2D eigenvalue weighted by Crippen LogP contribution is -2.22. The van der Waals surface area contributed by atoms with Crippen molar-refractivity contribution in [1.82, 2.24) is 4.57 Å². The lowest BCUT2D eigenvalue weighted by Gasteiger charge is -2.19. The Morgan fingerprint density at radius 2 is 1.70 bits per heavy atom. The number of hydrogen-bond acceptors (Lipinski definition) is 3. The van der Waals surface area contributed by atoms with E-state index in [1.165, 1.54) is 5.56 Å². The minimum atomic E-state index is -0.951. The molecule has 0 saturated heterocycles. The maximum Gasteiger partial charge on any atom is 0.289 e. The predicted molar refractivity (Wildman–Crippen MR) is 106 cm³/mol. The quantitative estimate of drug-likeness (QED) is 0.535. The molecule has 2 N–H and O–H groups in total. The van der Waals surface area contributed by atoms with Gasteiger partial charge in [-0.25, -0.2) is 0 Å². The second-order valence-electron chi connectivity index (χ2n) is 7.57. The summed E-state index contributed by atoms with van der Waals surface area (Å²) < 4.78 is 7.76. The van der Waals surface area contributed by atoms with E-state index < -0.39 is 11.7 Å². The highest BCUT2D eigenvalue weighted by molar-refractivity contribution is 6.44. The van der Waals surface area contributed by atoms with Crippen LogP contribution in [0.1, 0.15) is 36.7 Å². The molecule has 0 aliphatic carbocycles. The average molecular weight is 364 g/mol. The SMILES string of the molecule is CC(C)(C)c1ccc(OCCn2cc(C(=O)C(N)=O)c3ccccc32)cc1. The summed E-state index contributed by atoms with van der Waals surface area (Å²) in [7, 11) is 0. The van der Waals surface area contributed by atoms with E-state index in [-0.39, 0.29) is 5.41 Å². The molecule has 0 fully saturated rings. The van der Waals surface area contributed by atoms with E-state index in [0.29, 0.717) is 18.7 Å². The number of nitrogens with zero attached hydrogens (tertiary/aromatic N) is 1. The number of ether oxygens (including phenoxy) is 1. The molecule has 0 unspecified atom stereocenters. The lowest BCUT2D eigenvalue weighted by molar-refractivity contribution is -0.114. The summed E-state index contributed by atoms with van der Waals surface area (Å²) in [5.41, 5.74) is 7.71. The van der Waals surface area contributed by atoms with Crippen LogP contribution in [-0.4, -0.2) is 22.9 Å². The summed E-state index contributed by atoms with van der Waals surface area (Å²) in [4.78, 5) is 23.3. The highest BCUT2D eigenvalue weighted by Crippen LogP contribution is 2.25. The zero-order chi connectivity index (χ0) is 19.6. The molecule has 3 rings (SSSR count). The zero-order valence-electron chi connectivity index (χ0n) is 15.9. The third-order valence-electron chi connectivity index (χ3n) is 4.58. The molecule has 0 spiro atoms. The first kappa shape index (κ1) is 18.7. The number of ketones is 1. The van der Waals surface area contributed by atoms with Crippen molar-refractivity contribution >= 4 is 22.6 Å². The summed E-state index contributed by atoms with van der Waals surface area (Å²) in [5.74, 6) is -0.829. The minimum absolute atomic E-state index is 0.103. The van der Waals surface area contributed by atoms with Crippen LogP contribution in [0.25, 0.3) is 10.9 Å². The van der Waals surface area contributed by atoms with Gasteiger partial charge in [0.15, 0.2) is 0 Å². The van der Waals surface area contributed by atoms with Crippen LogP contribution in [0.15, 0.2) is 54.7 Å². The Morgan fingerprint density at radius 1 is 1.04 bits per heavy atom. The van der Waals surface area contributed by atoms with Crippen molar-refractivity contribution in [2.45, 2.75) is 32.7 Å². The summed E-state index contributed by atoms with van der Waals surface area (Å²) >= 11 is 0. The van der Waals surface area contributed by atoms with E-state index in [4.69, 9.17) is 10.5 Å². The van der Waals surface area contributed by atoms with Crippen LogP contribution in [0.2, 0.25) is 0 Å². The van der Waals surface area contributed by atoms with Crippen LogP contribution in [-0.2, 0) is 16.8 Å². The summed E-state index contributed by atoms with van der Waals surface area (Å²) in [6.07, 6.45) is 1.67. The van der Waals surface area contributed by atoms with Crippen LogP contribution in [0.3, 0.4) is 0 Å². The average Bonchev–Trinajstić information content (AvgIpc) is 2.99. The van der Waals surface area contributed by atoms with Crippen molar-refractivity contribution in [3.05, 3.63) is 65.9 Å². The maximum atomic E-state index is 12.1. The van der Waals surface area contributed by atoms with Crippen molar-refractivity contribution in [2.24, 2.45) is 5.73 Å².